The van der Waals surface area contributed by atoms with E-state index in [1.807, 2.05) is 0 Å². The number of nitriles is 1. The van der Waals surface area contributed by atoms with E-state index in [-0.39, 0.29) is 25.4 Å². The largest absolute Gasteiger partial charge is 0.467 e. The predicted octanol–water partition coefficient (Wildman–Crippen LogP) is 3.83. The van der Waals surface area contributed by atoms with Gasteiger partial charge in [-0.25, -0.2) is 4.39 Å². The number of nitrogens with zero attached hydrogens (tertiary/aromatic N) is 3. The van der Waals surface area contributed by atoms with E-state index in [4.69, 9.17) is 9.68 Å². The van der Waals surface area contributed by atoms with Gasteiger partial charge in [0.25, 0.3) is 5.91 Å². The van der Waals surface area contributed by atoms with Gasteiger partial charge in [0, 0.05) is 23.7 Å². The molecule has 0 aliphatic heterocycles. The maximum Gasteiger partial charge on any atom is 0.255 e. The number of carbonyl (C=O) groups is 1. The Morgan fingerprint density at radius 3 is 2.92 bits per heavy atom. The molecule has 0 N–H and O–H groups in total. The summed E-state index contributed by atoms with van der Waals surface area (Å²) in [6.45, 7) is 2.30. The van der Waals surface area contributed by atoms with Crippen LogP contribution in [0.1, 0.15) is 28.2 Å². The fraction of sp³-hybridized carbons (Fsp3) is 0.211. The molecular weight excluding hydrogens is 321 g/mol. The number of fused-ring (bicyclic) bond motifs is 1. The molecular formula is C19H16FN3O2. The summed E-state index contributed by atoms with van der Waals surface area (Å²) in [7, 11) is 0. The van der Waals surface area contributed by atoms with Crippen molar-refractivity contribution in [2.45, 2.75) is 19.9 Å². The van der Waals surface area contributed by atoms with Crippen molar-refractivity contribution < 1.29 is 13.6 Å². The molecule has 1 amide bonds. The lowest BCUT2D eigenvalue weighted by Gasteiger charge is -2.21. The third kappa shape index (κ3) is 3.66. The van der Waals surface area contributed by atoms with Gasteiger partial charge in [-0.3, -0.25) is 9.78 Å². The third-order valence-corrected chi connectivity index (χ3v) is 3.84. The molecule has 0 unspecified atom stereocenters. The molecule has 0 radical (unpaired) electrons. The molecule has 1 aromatic carbocycles. The monoisotopic (exact) mass is 337 g/mol. The van der Waals surface area contributed by atoms with Crippen molar-refractivity contribution in [3.05, 3.63) is 65.5 Å². The zero-order valence-corrected chi connectivity index (χ0v) is 13.7. The predicted molar refractivity (Wildman–Crippen MR) is 90.1 cm³/mol. The molecule has 126 valence electrons. The van der Waals surface area contributed by atoms with E-state index in [9.17, 15) is 9.18 Å². The Labute approximate surface area is 144 Å². The SMILES string of the molecule is Cc1cc(C(=O)N(CCC#N)Cc2ccco2)c2ccc(F)cc2n1. The molecule has 0 aliphatic carbocycles. The van der Waals surface area contributed by atoms with E-state index in [0.29, 0.717) is 27.9 Å². The number of hydrogen-bond acceptors (Lipinski definition) is 4. The number of hydrogen-bond donors (Lipinski definition) is 0. The van der Waals surface area contributed by atoms with Crippen LogP contribution in [0.4, 0.5) is 4.39 Å². The van der Waals surface area contributed by atoms with Gasteiger partial charge < -0.3 is 9.32 Å². The van der Waals surface area contributed by atoms with Gasteiger partial charge in [0.05, 0.1) is 36.4 Å². The van der Waals surface area contributed by atoms with E-state index in [1.165, 1.54) is 18.4 Å². The molecule has 2 heterocycles. The van der Waals surface area contributed by atoms with Crippen LogP contribution in [0, 0.1) is 24.1 Å². The second-order valence-corrected chi connectivity index (χ2v) is 5.69. The minimum absolute atomic E-state index is 0.211. The molecule has 0 aliphatic rings. The van der Waals surface area contributed by atoms with Gasteiger partial charge in [-0.05, 0) is 37.3 Å². The summed E-state index contributed by atoms with van der Waals surface area (Å²) in [5.74, 6) is -0.0119. The van der Waals surface area contributed by atoms with Gasteiger partial charge in [-0.2, -0.15) is 5.26 Å². The Kier molecular flexibility index (Phi) is 4.75. The average Bonchev–Trinajstić information content (AvgIpc) is 3.10. The highest BCUT2D eigenvalue weighted by molar-refractivity contribution is 6.06. The summed E-state index contributed by atoms with van der Waals surface area (Å²) in [5, 5.41) is 9.46. The Balaban J connectivity index is 2.01. The van der Waals surface area contributed by atoms with E-state index >= 15 is 0 Å². The number of furan rings is 1. The van der Waals surface area contributed by atoms with Gasteiger partial charge in [0.2, 0.25) is 0 Å². The molecule has 0 saturated carbocycles. The third-order valence-electron chi connectivity index (χ3n) is 3.84. The molecule has 0 fully saturated rings. The van der Waals surface area contributed by atoms with Crippen molar-refractivity contribution in [3.63, 3.8) is 0 Å². The molecule has 0 bridgehead atoms. The smallest absolute Gasteiger partial charge is 0.255 e. The van der Waals surface area contributed by atoms with Crippen LogP contribution >= 0.6 is 0 Å². The summed E-state index contributed by atoms with van der Waals surface area (Å²) in [5.41, 5.74) is 1.49. The minimum Gasteiger partial charge on any atom is -0.467 e. The van der Waals surface area contributed by atoms with Crippen LogP contribution in [-0.2, 0) is 6.54 Å². The zero-order valence-electron chi connectivity index (χ0n) is 13.7. The van der Waals surface area contributed by atoms with Gasteiger partial charge in [-0.15, -0.1) is 0 Å². The number of aromatic nitrogens is 1. The highest BCUT2D eigenvalue weighted by Crippen LogP contribution is 2.22. The molecule has 2 aromatic heterocycles. The highest BCUT2D eigenvalue weighted by atomic mass is 19.1. The Bertz CT molecular complexity index is 940. The van der Waals surface area contributed by atoms with Crippen molar-refractivity contribution in [2.24, 2.45) is 0 Å². The molecule has 5 nitrogen and oxygen atoms in total. The number of rotatable bonds is 5. The van der Waals surface area contributed by atoms with Gasteiger partial charge in [0.1, 0.15) is 11.6 Å². The average molecular weight is 337 g/mol. The van der Waals surface area contributed by atoms with Crippen LogP contribution in [0.15, 0.2) is 47.1 Å². The van der Waals surface area contributed by atoms with Crippen LogP contribution in [0.2, 0.25) is 0 Å². The summed E-state index contributed by atoms with van der Waals surface area (Å²) >= 11 is 0. The first-order valence-corrected chi connectivity index (χ1v) is 7.84. The second kappa shape index (κ2) is 7.14. The van der Waals surface area contributed by atoms with Gasteiger partial charge >= 0.3 is 0 Å². The quantitative estimate of drug-likeness (QED) is 0.709. The number of pyridine rings is 1. The van der Waals surface area contributed by atoms with Crippen LogP contribution in [0.5, 0.6) is 0 Å². The maximum absolute atomic E-state index is 13.5. The van der Waals surface area contributed by atoms with Crippen LogP contribution < -0.4 is 0 Å². The van der Waals surface area contributed by atoms with Crippen LogP contribution in [-0.4, -0.2) is 22.3 Å². The Morgan fingerprint density at radius 1 is 1.36 bits per heavy atom. The maximum atomic E-state index is 13.5. The first-order chi connectivity index (χ1) is 12.1. The summed E-state index contributed by atoms with van der Waals surface area (Å²) in [6.07, 6.45) is 1.75. The number of carbonyl (C=O) groups excluding carboxylic acids is 1. The second-order valence-electron chi connectivity index (χ2n) is 5.69. The zero-order chi connectivity index (χ0) is 17.8. The topological polar surface area (TPSA) is 70.1 Å². The Hall–Kier alpha value is -3.20. The standard InChI is InChI=1S/C19H16FN3O2/c1-13-10-17(16-6-5-14(20)11-18(16)22-13)19(24)23(8-3-7-21)12-15-4-2-9-25-15/h2,4-6,9-11H,3,8,12H2,1H3. The summed E-state index contributed by atoms with van der Waals surface area (Å²) in [4.78, 5) is 18.9. The number of aryl methyl sites for hydroxylation is 1. The molecule has 0 spiro atoms. The molecule has 0 atom stereocenters. The number of amides is 1. The minimum atomic E-state index is -0.402. The van der Waals surface area contributed by atoms with Crippen molar-refractivity contribution >= 4 is 16.8 Å². The fourth-order valence-electron chi connectivity index (χ4n) is 2.71. The Morgan fingerprint density at radius 2 is 2.20 bits per heavy atom. The number of halogens is 1. The highest BCUT2D eigenvalue weighted by Gasteiger charge is 2.20. The molecule has 0 saturated heterocycles. The fourth-order valence-corrected chi connectivity index (χ4v) is 2.71. The molecule has 25 heavy (non-hydrogen) atoms. The molecule has 6 heteroatoms. The van der Waals surface area contributed by atoms with Crippen molar-refractivity contribution in [3.8, 4) is 6.07 Å². The molecule has 3 aromatic rings. The van der Waals surface area contributed by atoms with Crippen molar-refractivity contribution in [1.82, 2.24) is 9.88 Å². The van der Waals surface area contributed by atoms with Crippen molar-refractivity contribution in [1.29, 1.82) is 5.26 Å². The van der Waals surface area contributed by atoms with Gasteiger partial charge in [-0.1, -0.05) is 0 Å². The lowest BCUT2D eigenvalue weighted by molar-refractivity contribution is 0.0737. The van der Waals surface area contributed by atoms with Gasteiger partial charge in [0.15, 0.2) is 0 Å². The first-order valence-electron chi connectivity index (χ1n) is 7.84. The van der Waals surface area contributed by atoms with E-state index in [0.717, 1.165) is 0 Å². The summed E-state index contributed by atoms with van der Waals surface area (Å²) in [6, 6.07) is 11.4. The summed E-state index contributed by atoms with van der Waals surface area (Å²) < 4.78 is 18.8. The van der Waals surface area contributed by atoms with Crippen molar-refractivity contribution in [2.75, 3.05) is 6.54 Å². The lowest BCUT2D eigenvalue weighted by atomic mass is 10.1. The van der Waals surface area contributed by atoms with Crippen LogP contribution in [0.3, 0.4) is 0 Å². The normalized spacial score (nSPS) is 10.6. The first kappa shape index (κ1) is 16.7. The molecule has 3 rings (SSSR count). The van der Waals surface area contributed by atoms with E-state index in [1.54, 1.807) is 36.1 Å². The number of benzene rings is 1. The van der Waals surface area contributed by atoms with Crippen LogP contribution in [0.25, 0.3) is 10.9 Å². The van der Waals surface area contributed by atoms with E-state index < -0.39 is 5.82 Å². The lowest BCUT2D eigenvalue weighted by Crippen LogP contribution is -2.31. The van der Waals surface area contributed by atoms with E-state index in [2.05, 4.69) is 11.1 Å².